The number of benzene rings is 1. The molecule has 10 heteroatoms. The van der Waals surface area contributed by atoms with Gasteiger partial charge in [-0.3, -0.25) is 4.79 Å². The van der Waals surface area contributed by atoms with Crippen LogP contribution >= 0.6 is 0 Å². The van der Waals surface area contributed by atoms with Gasteiger partial charge in [-0.25, -0.2) is 9.97 Å². The Hall–Kier alpha value is -3.82. The number of alkyl halides is 3. The summed E-state index contributed by atoms with van der Waals surface area (Å²) in [5.74, 6) is 1.71. The average molecular weight is 457 g/mol. The number of carbonyl (C=O) groups is 1. The van der Waals surface area contributed by atoms with E-state index in [4.69, 9.17) is 4.74 Å². The standard InChI is InChI=1S/C23H22F3N5O2/c1-33-19-6-2-16(3-7-19)22(32)29-18-5-9-21(28-15-18)31-12-10-30(11-13-31)20-8-4-17(14-27-20)23(24,25)26/h2-9,14-15H,10-13H2,1H3,(H,29,32). The molecule has 3 heterocycles. The highest BCUT2D eigenvalue weighted by Crippen LogP contribution is 2.29. The van der Waals surface area contributed by atoms with Gasteiger partial charge < -0.3 is 19.9 Å². The normalized spacial score (nSPS) is 14.2. The number of hydrogen-bond donors (Lipinski definition) is 1. The van der Waals surface area contributed by atoms with E-state index < -0.39 is 11.7 Å². The van der Waals surface area contributed by atoms with Crippen LogP contribution in [0.2, 0.25) is 0 Å². The molecule has 0 bridgehead atoms. The van der Waals surface area contributed by atoms with Crippen molar-refractivity contribution < 1.29 is 22.7 Å². The number of piperazine rings is 1. The van der Waals surface area contributed by atoms with Crippen molar-refractivity contribution in [3.05, 3.63) is 72.1 Å². The molecule has 0 unspecified atom stereocenters. The highest BCUT2D eigenvalue weighted by Gasteiger charge is 2.31. The molecule has 4 rings (SSSR count). The van der Waals surface area contributed by atoms with Crippen molar-refractivity contribution in [3.63, 3.8) is 0 Å². The maximum Gasteiger partial charge on any atom is 0.417 e. The maximum absolute atomic E-state index is 12.7. The quantitative estimate of drug-likeness (QED) is 0.623. The van der Waals surface area contributed by atoms with Gasteiger partial charge in [0.1, 0.15) is 17.4 Å². The van der Waals surface area contributed by atoms with E-state index >= 15 is 0 Å². The molecule has 0 aliphatic carbocycles. The molecular weight excluding hydrogens is 435 g/mol. The van der Waals surface area contributed by atoms with Crippen LogP contribution in [0.15, 0.2) is 60.9 Å². The summed E-state index contributed by atoms with van der Waals surface area (Å²) >= 11 is 0. The van der Waals surface area contributed by atoms with Crippen LogP contribution in [-0.2, 0) is 6.18 Å². The molecule has 33 heavy (non-hydrogen) atoms. The summed E-state index contributed by atoms with van der Waals surface area (Å²) < 4.78 is 43.2. The molecular formula is C23H22F3N5O2. The van der Waals surface area contributed by atoms with Crippen LogP contribution in [0.25, 0.3) is 0 Å². The number of pyridine rings is 2. The third-order valence-corrected chi connectivity index (χ3v) is 5.36. The Morgan fingerprint density at radius 3 is 1.91 bits per heavy atom. The molecule has 0 radical (unpaired) electrons. The van der Waals surface area contributed by atoms with E-state index in [1.165, 1.54) is 6.07 Å². The minimum Gasteiger partial charge on any atom is -0.497 e. The van der Waals surface area contributed by atoms with Crippen molar-refractivity contribution in [1.82, 2.24) is 9.97 Å². The highest BCUT2D eigenvalue weighted by molar-refractivity contribution is 6.04. The third kappa shape index (κ3) is 5.33. The van der Waals surface area contributed by atoms with Crippen LogP contribution in [0.4, 0.5) is 30.5 Å². The maximum atomic E-state index is 12.7. The summed E-state index contributed by atoms with van der Waals surface area (Å²) in [6.45, 7) is 2.51. The van der Waals surface area contributed by atoms with Crippen LogP contribution in [-0.4, -0.2) is 49.2 Å². The average Bonchev–Trinajstić information content (AvgIpc) is 2.84. The van der Waals surface area contributed by atoms with E-state index in [1.54, 1.807) is 43.6 Å². The van der Waals surface area contributed by atoms with Crippen molar-refractivity contribution in [1.29, 1.82) is 0 Å². The molecule has 1 aromatic carbocycles. The van der Waals surface area contributed by atoms with E-state index in [2.05, 4.69) is 20.2 Å². The number of nitrogens with zero attached hydrogens (tertiary/aromatic N) is 4. The zero-order chi connectivity index (χ0) is 23.4. The molecule has 0 spiro atoms. The minimum atomic E-state index is -4.39. The first-order valence-corrected chi connectivity index (χ1v) is 10.3. The summed E-state index contributed by atoms with van der Waals surface area (Å²) in [5.41, 5.74) is 0.327. The van der Waals surface area contributed by atoms with Crippen LogP contribution < -0.4 is 19.9 Å². The van der Waals surface area contributed by atoms with E-state index in [0.29, 0.717) is 49.0 Å². The summed E-state index contributed by atoms with van der Waals surface area (Å²) in [6, 6.07) is 12.9. The summed E-state index contributed by atoms with van der Waals surface area (Å²) in [5, 5.41) is 2.81. The Morgan fingerprint density at radius 2 is 1.45 bits per heavy atom. The zero-order valence-corrected chi connectivity index (χ0v) is 17.8. The summed E-state index contributed by atoms with van der Waals surface area (Å²) in [7, 11) is 1.56. The number of hydrogen-bond acceptors (Lipinski definition) is 6. The van der Waals surface area contributed by atoms with Crippen LogP contribution in [0.1, 0.15) is 15.9 Å². The van der Waals surface area contributed by atoms with Gasteiger partial charge in [-0.15, -0.1) is 0 Å². The predicted molar refractivity (Wildman–Crippen MR) is 119 cm³/mol. The van der Waals surface area contributed by atoms with Crippen molar-refractivity contribution >= 4 is 23.2 Å². The molecule has 1 fully saturated rings. The molecule has 1 N–H and O–H groups in total. The van der Waals surface area contributed by atoms with Crippen LogP contribution in [0.3, 0.4) is 0 Å². The molecule has 2 aromatic heterocycles. The SMILES string of the molecule is COc1ccc(C(=O)Nc2ccc(N3CCN(c4ccc(C(F)(F)F)cn4)CC3)nc2)cc1. The molecule has 7 nitrogen and oxygen atoms in total. The molecule has 1 aliphatic rings. The van der Waals surface area contributed by atoms with Gasteiger partial charge in [-0.05, 0) is 48.5 Å². The monoisotopic (exact) mass is 457 g/mol. The van der Waals surface area contributed by atoms with E-state index in [9.17, 15) is 18.0 Å². The largest absolute Gasteiger partial charge is 0.497 e. The highest BCUT2D eigenvalue weighted by atomic mass is 19.4. The smallest absolute Gasteiger partial charge is 0.417 e. The lowest BCUT2D eigenvalue weighted by Crippen LogP contribution is -2.47. The second kappa shape index (κ2) is 9.35. The second-order valence-electron chi connectivity index (χ2n) is 7.46. The van der Waals surface area contributed by atoms with Crippen molar-refractivity contribution in [2.75, 3.05) is 48.4 Å². The van der Waals surface area contributed by atoms with Gasteiger partial charge in [0.2, 0.25) is 0 Å². The van der Waals surface area contributed by atoms with E-state index in [-0.39, 0.29) is 5.91 Å². The lowest BCUT2D eigenvalue weighted by Gasteiger charge is -2.36. The number of nitrogens with one attached hydrogen (secondary N) is 1. The van der Waals surface area contributed by atoms with Crippen molar-refractivity contribution in [2.24, 2.45) is 0 Å². The Kier molecular flexibility index (Phi) is 6.34. The number of amides is 1. The zero-order valence-electron chi connectivity index (χ0n) is 17.8. The Bertz CT molecular complexity index is 1080. The van der Waals surface area contributed by atoms with Crippen LogP contribution in [0.5, 0.6) is 5.75 Å². The van der Waals surface area contributed by atoms with Gasteiger partial charge in [0.25, 0.3) is 5.91 Å². The number of anilines is 3. The summed E-state index contributed by atoms with van der Waals surface area (Å²) in [4.78, 5) is 24.8. The predicted octanol–water partition coefficient (Wildman–Crippen LogP) is 4.08. The lowest BCUT2D eigenvalue weighted by atomic mass is 10.2. The number of aromatic nitrogens is 2. The Morgan fingerprint density at radius 1 is 0.879 bits per heavy atom. The third-order valence-electron chi connectivity index (χ3n) is 5.36. The Labute approximate surface area is 188 Å². The molecule has 0 atom stereocenters. The number of rotatable bonds is 5. The van der Waals surface area contributed by atoms with Gasteiger partial charge >= 0.3 is 6.18 Å². The number of carbonyl (C=O) groups excluding carboxylic acids is 1. The molecule has 3 aromatic rings. The lowest BCUT2D eigenvalue weighted by molar-refractivity contribution is -0.137. The molecule has 1 aliphatic heterocycles. The van der Waals surface area contributed by atoms with Crippen molar-refractivity contribution in [3.8, 4) is 5.75 Å². The molecule has 1 amide bonds. The van der Waals surface area contributed by atoms with Gasteiger partial charge in [0.15, 0.2) is 0 Å². The van der Waals surface area contributed by atoms with Gasteiger partial charge in [-0.2, -0.15) is 13.2 Å². The minimum absolute atomic E-state index is 0.246. The summed E-state index contributed by atoms with van der Waals surface area (Å²) in [6.07, 6.45) is -1.93. The number of methoxy groups -OCH3 is 1. The topological polar surface area (TPSA) is 70.6 Å². The van der Waals surface area contributed by atoms with Crippen LogP contribution in [0, 0.1) is 0 Å². The number of halogens is 3. The fourth-order valence-corrected chi connectivity index (χ4v) is 3.50. The van der Waals surface area contributed by atoms with Crippen molar-refractivity contribution in [2.45, 2.75) is 6.18 Å². The first kappa shape index (κ1) is 22.4. The number of ether oxygens (including phenoxy) is 1. The van der Waals surface area contributed by atoms with E-state index in [1.807, 2.05) is 11.0 Å². The molecule has 1 saturated heterocycles. The second-order valence-corrected chi connectivity index (χ2v) is 7.46. The van der Waals surface area contributed by atoms with Gasteiger partial charge in [-0.1, -0.05) is 0 Å². The first-order valence-electron chi connectivity index (χ1n) is 10.3. The molecule has 172 valence electrons. The van der Waals surface area contributed by atoms with Gasteiger partial charge in [0, 0.05) is 37.9 Å². The molecule has 0 saturated carbocycles. The fourth-order valence-electron chi connectivity index (χ4n) is 3.50. The van der Waals surface area contributed by atoms with E-state index in [0.717, 1.165) is 18.1 Å². The first-order chi connectivity index (χ1) is 15.8. The van der Waals surface area contributed by atoms with Gasteiger partial charge in [0.05, 0.1) is 24.6 Å². The Balaban J connectivity index is 1.32. The fraction of sp³-hybridized carbons (Fsp3) is 0.261.